The van der Waals surface area contributed by atoms with Crippen molar-refractivity contribution < 1.29 is 24.0 Å². The number of carbonyl (C=O) groups excluding carboxylic acids is 3. The number of quaternary nitrogens is 1. The van der Waals surface area contributed by atoms with E-state index in [0.717, 1.165) is 4.90 Å². The fourth-order valence-corrected chi connectivity index (χ4v) is 3.28. The molecule has 0 aliphatic carbocycles. The van der Waals surface area contributed by atoms with Crippen molar-refractivity contribution in [2.24, 2.45) is 0 Å². The molecule has 1 atom stereocenters. The molecule has 1 aromatic carbocycles. The first-order chi connectivity index (χ1) is 11.1. The standard InChI is InChI=1S/C17H20N2O4/c1-2-23-14-5-3-12(4-6-14)19-16(21)11-15(17(19)22)18-9-7-13(20)8-10-18/h3-6,15H,2,7-11H2,1H3/p+1/t15-/m0/s1. The summed E-state index contributed by atoms with van der Waals surface area (Å²) in [5, 5.41) is 0. The lowest BCUT2D eigenvalue weighted by Gasteiger charge is -2.27. The minimum atomic E-state index is -0.359. The monoisotopic (exact) mass is 317 g/mol. The van der Waals surface area contributed by atoms with Crippen molar-refractivity contribution in [1.29, 1.82) is 0 Å². The second-order valence-electron chi connectivity index (χ2n) is 5.95. The number of carbonyl (C=O) groups is 3. The Labute approximate surface area is 135 Å². The van der Waals surface area contributed by atoms with Crippen LogP contribution in [0, 0.1) is 0 Å². The molecule has 2 amide bonds. The number of hydrogen-bond acceptors (Lipinski definition) is 4. The second kappa shape index (κ2) is 6.50. The zero-order valence-electron chi connectivity index (χ0n) is 13.2. The van der Waals surface area contributed by atoms with Crippen LogP contribution in [0.5, 0.6) is 5.75 Å². The maximum absolute atomic E-state index is 12.7. The molecule has 23 heavy (non-hydrogen) atoms. The summed E-state index contributed by atoms with van der Waals surface area (Å²) >= 11 is 0. The summed E-state index contributed by atoms with van der Waals surface area (Å²) in [4.78, 5) is 38.7. The molecule has 1 N–H and O–H groups in total. The summed E-state index contributed by atoms with van der Waals surface area (Å²) in [6, 6.07) is 6.64. The van der Waals surface area contributed by atoms with E-state index in [4.69, 9.17) is 4.74 Å². The van der Waals surface area contributed by atoms with Gasteiger partial charge in [-0.05, 0) is 31.2 Å². The zero-order chi connectivity index (χ0) is 16.4. The lowest BCUT2D eigenvalue weighted by Crippen LogP contribution is -3.17. The summed E-state index contributed by atoms with van der Waals surface area (Å²) in [6.07, 6.45) is 1.21. The van der Waals surface area contributed by atoms with E-state index in [-0.39, 0.29) is 30.1 Å². The first kappa shape index (κ1) is 15.7. The van der Waals surface area contributed by atoms with Gasteiger partial charge in [-0.2, -0.15) is 0 Å². The van der Waals surface area contributed by atoms with E-state index in [1.807, 2.05) is 6.92 Å². The van der Waals surface area contributed by atoms with Gasteiger partial charge >= 0.3 is 0 Å². The molecule has 2 aliphatic rings. The molecule has 2 fully saturated rings. The van der Waals surface area contributed by atoms with Crippen LogP contribution in [0.15, 0.2) is 24.3 Å². The van der Waals surface area contributed by atoms with Crippen LogP contribution < -0.4 is 14.5 Å². The Kier molecular flexibility index (Phi) is 4.43. The summed E-state index contributed by atoms with van der Waals surface area (Å²) in [7, 11) is 0. The van der Waals surface area contributed by atoms with Crippen LogP contribution in [0.3, 0.4) is 0 Å². The highest BCUT2D eigenvalue weighted by atomic mass is 16.5. The lowest BCUT2D eigenvalue weighted by atomic mass is 10.1. The van der Waals surface area contributed by atoms with Crippen LogP contribution in [-0.4, -0.2) is 43.3 Å². The quantitative estimate of drug-likeness (QED) is 0.792. The summed E-state index contributed by atoms with van der Waals surface area (Å²) in [5.41, 5.74) is 0.582. The lowest BCUT2D eigenvalue weighted by molar-refractivity contribution is -0.916. The minimum absolute atomic E-state index is 0.163. The largest absolute Gasteiger partial charge is 0.494 e. The minimum Gasteiger partial charge on any atom is -0.494 e. The van der Waals surface area contributed by atoms with Crippen LogP contribution in [0.25, 0.3) is 0 Å². The first-order valence-corrected chi connectivity index (χ1v) is 8.06. The molecule has 2 saturated heterocycles. The normalized spacial score (nSPS) is 22.7. The van der Waals surface area contributed by atoms with E-state index >= 15 is 0 Å². The molecule has 0 spiro atoms. The van der Waals surface area contributed by atoms with Gasteiger partial charge in [-0.15, -0.1) is 0 Å². The summed E-state index contributed by atoms with van der Waals surface area (Å²) in [5.74, 6) is 0.623. The van der Waals surface area contributed by atoms with E-state index in [1.165, 1.54) is 4.90 Å². The molecule has 3 rings (SSSR count). The number of nitrogens with zero attached hydrogens (tertiary/aromatic N) is 1. The Morgan fingerprint density at radius 1 is 1.13 bits per heavy atom. The second-order valence-corrected chi connectivity index (χ2v) is 5.95. The van der Waals surface area contributed by atoms with Gasteiger partial charge in [0.15, 0.2) is 6.04 Å². The number of nitrogens with one attached hydrogen (secondary N) is 1. The maximum atomic E-state index is 12.7. The molecule has 122 valence electrons. The Balaban J connectivity index is 1.74. The van der Waals surface area contributed by atoms with Crippen LogP contribution >= 0.6 is 0 Å². The Hall–Kier alpha value is -2.21. The number of imide groups is 1. The summed E-state index contributed by atoms with van der Waals surface area (Å²) in [6.45, 7) is 3.75. The Bertz CT molecular complexity index is 616. The van der Waals surface area contributed by atoms with Crippen molar-refractivity contribution in [3.05, 3.63) is 24.3 Å². The van der Waals surface area contributed by atoms with Gasteiger partial charge in [0.1, 0.15) is 11.5 Å². The summed E-state index contributed by atoms with van der Waals surface area (Å²) < 4.78 is 5.38. The number of likely N-dealkylation sites (tertiary alicyclic amines) is 1. The van der Waals surface area contributed by atoms with E-state index < -0.39 is 0 Å². The van der Waals surface area contributed by atoms with Crippen LogP contribution in [0.1, 0.15) is 26.2 Å². The van der Waals surface area contributed by atoms with Crippen molar-refractivity contribution in [3.63, 3.8) is 0 Å². The van der Waals surface area contributed by atoms with Gasteiger partial charge in [-0.3, -0.25) is 14.4 Å². The molecule has 0 saturated carbocycles. The highest BCUT2D eigenvalue weighted by Crippen LogP contribution is 2.24. The number of anilines is 1. The van der Waals surface area contributed by atoms with Crippen molar-refractivity contribution in [2.75, 3.05) is 24.6 Å². The molecule has 2 aliphatic heterocycles. The van der Waals surface area contributed by atoms with Crippen molar-refractivity contribution in [3.8, 4) is 5.75 Å². The molecule has 6 nitrogen and oxygen atoms in total. The molecule has 0 unspecified atom stereocenters. The topological polar surface area (TPSA) is 68.1 Å². The van der Waals surface area contributed by atoms with Gasteiger partial charge in [0.25, 0.3) is 5.91 Å². The first-order valence-electron chi connectivity index (χ1n) is 8.06. The molecule has 1 aromatic rings. The van der Waals surface area contributed by atoms with Crippen LogP contribution in [-0.2, 0) is 14.4 Å². The van der Waals surface area contributed by atoms with E-state index in [0.29, 0.717) is 44.0 Å². The third-order valence-corrected chi connectivity index (χ3v) is 4.50. The van der Waals surface area contributed by atoms with Gasteiger partial charge in [-0.25, -0.2) is 4.90 Å². The SMILES string of the molecule is CCOc1ccc(N2C(=O)C[C@H]([NH+]3CCC(=O)CC3)C2=O)cc1. The van der Waals surface area contributed by atoms with Crippen molar-refractivity contribution in [1.82, 2.24) is 0 Å². The highest BCUT2D eigenvalue weighted by Gasteiger charge is 2.46. The molecule has 2 heterocycles. The van der Waals surface area contributed by atoms with Crippen LogP contribution in [0.4, 0.5) is 5.69 Å². The average Bonchev–Trinajstić information content (AvgIpc) is 2.84. The zero-order valence-corrected chi connectivity index (χ0v) is 13.2. The number of ether oxygens (including phenoxy) is 1. The van der Waals surface area contributed by atoms with E-state index in [9.17, 15) is 14.4 Å². The Morgan fingerprint density at radius 3 is 2.39 bits per heavy atom. The fourth-order valence-electron chi connectivity index (χ4n) is 3.28. The van der Waals surface area contributed by atoms with Crippen molar-refractivity contribution >= 4 is 23.3 Å². The molecular formula is C17H21N2O4+. The van der Waals surface area contributed by atoms with Gasteiger partial charge in [0.05, 0.1) is 44.6 Å². The third-order valence-electron chi connectivity index (χ3n) is 4.50. The number of amides is 2. The van der Waals surface area contributed by atoms with E-state index in [1.54, 1.807) is 24.3 Å². The molecule has 0 radical (unpaired) electrons. The fraction of sp³-hybridized carbons (Fsp3) is 0.471. The molecular weight excluding hydrogens is 296 g/mol. The van der Waals surface area contributed by atoms with Gasteiger partial charge in [0.2, 0.25) is 5.91 Å². The average molecular weight is 317 g/mol. The third kappa shape index (κ3) is 3.12. The molecule has 6 heteroatoms. The Morgan fingerprint density at radius 2 is 1.78 bits per heavy atom. The number of ketones is 1. The van der Waals surface area contributed by atoms with Gasteiger partial charge in [-0.1, -0.05) is 0 Å². The number of Topliss-reactive ketones (excluding diaryl/α,β-unsaturated/α-hetero) is 1. The predicted molar refractivity (Wildman–Crippen MR) is 83.4 cm³/mol. The maximum Gasteiger partial charge on any atom is 0.292 e. The van der Waals surface area contributed by atoms with Crippen molar-refractivity contribution in [2.45, 2.75) is 32.2 Å². The highest BCUT2D eigenvalue weighted by molar-refractivity contribution is 6.21. The smallest absolute Gasteiger partial charge is 0.292 e. The van der Waals surface area contributed by atoms with Crippen LogP contribution in [0.2, 0.25) is 0 Å². The van der Waals surface area contributed by atoms with Gasteiger partial charge < -0.3 is 9.64 Å². The number of hydrogen-bond donors (Lipinski definition) is 1. The predicted octanol–water partition coefficient (Wildman–Crippen LogP) is -0.0350. The number of rotatable bonds is 4. The number of benzene rings is 1. The van der Waals surface area contributed by atoms with Gasteiger partial charge in [0, 0.05) is 0 Å². The molecule has 0 bridgehead atoms. The molecule has 0 aromatic heterocycles. The number of piperidine rings is 1. The van der Waals surface area contributed by atoms with E-state index in [2.05, 4.69) is 0 Å².